The number of hydrogen-bond donors (Lipinski definition) is 0. The number of carbonyl (C=O) groups is 1. The predicted molar refractivity (Wildman–Crippen MR) is 131 cm³/mol. The highest BCUT2D eigenvalue weighted by Crippen LogP contribution is 2.29. The van der Waals surface area contributed by atoms with Gasteiger partial charge in [-0.25, -0.2) is 13.2 Å². The van der Waals surface area contributed by atoms with Gasteiger partial charge in [0.05, 0.1) is 16.1 Å². The van der Waals surface area contributed by atoms with Crippen molar-refractivity contribution in [3.8, 4) is 11.5 Å². The minimum Gasteiger partial charge on any atom is -0.452 e. The quantitative estimate of drug-likeness (QED) is 0.406. The van der Waals surface area contributed by atoms with Crippen LogP contribution in [0.4, 0.5) is 5.69 Å². The molecule has 0 amide bonds. The zero-order valence-corrected chi connectivity index (χ0v) is 20.8. The molecule has 1 aliphatic rings. The molecule has 0 saturated carbocycles. The third-order valence-electron chi connectivity index (χ3n) is 6.04. The summed E-state index contributed by atoms with van der Waals surface area (Å²) in [5, 5.41) is 7.98. The number of nitrogens with zero attached hydrogens (tertiary/aromatic N) is 4. The van der Waals surface area contributed by atoms with Gasteiger partial charge in [0.2, 0.25) is 15.9 Å². The first-order valence-electron chi connectivity index (χ1n) is 11.9. The Morgan fingerprint density at radius 2 is 1.74 bits per heavy atom. The maximum atomic E-state index is 13.2. The monoisotopic (exact) mass is 498 g/mol. The van der Waals surface area contributed by atoms with Crippen LogP contribution in [0.25, 0.3) is 11.5 Å². The first kappa shape index (κ1) is 24.9. The fourth-order valence-corrected chi connectivity index (χ4v) is 5.66. The summed E-state index contributed by atoms with van der Waals surface area (Å²) < 4.78 is 38.7. The summed E-state index contributed by atoms with van der Waals surface area (Å²) in [7, 11) is -3.73. The second-order valence-corrected chi connectivity index (χ2v) is 10.2. The van der Waals surface area contributed by atoms with E-state index in [1.54, 1.807) is 26.0 Å². The van der Waals surface area contributed by atoms with Gasteiger partial charge in [-0.15, -0.1) is 10.2 Å². The Labute approximate surface area is 205 Å². The molecule has 1 aliphatic heterocycles. The highest BCUT2D eigenvalue weighted by atomic mass is 32.2. The summed E-state index contributed by atoms with van der Waals surface area (Å²) in [6.45, 7) is 5.63. The van der Waals surface area contributed by atoms with E-state index in [0.717, 1.165) is 37.9 Å². The second kappa shape index (κ2) is 11.0. The van der Waals surface area contributed by atoms with Gasteiger partial charge in [0.25, 0.3) is 5.89 Å². The Kier molecular flexibility index (Phi) is 7.82. The molecule has 0 spiro atoms. The molecule has 1 aromatic heterocycles. The summed E-state index contributed by atoms with van der Waals surface area (Å²) in [5.74, 6) is -0.150. The summed E-state index contributed by atoms with van der Waals surface area (Å²) in [5.41, 5.74) is 1.64. The SMILES string of the molecule is CCN(CC)S(=O)(=O)c1ccc(N2CCCCC2)c(C(=O)OCc2nnc(-c3ccccc3)o2)c1. The lowest BCUT2D eigenvalue weighted by molar-refractivity contribution is 0.0439. The smallest absolute Gasteiger partial charge is 0.340 e. The number of anilines is 1. The number of sulfonamides is 1. The molecule has 2 aromatic carbocycles. The standard InChI is InChI=1S/C25H30N4O5S/c1-3-29(4-2)35(31,32)20-13-14-22(28-15-9-6-10-16-28)21(17-20)25(30)33-18-23-26-27-24(34-23)19-11-7-5-8-12-19/h5,7-8,11-14,17H,3-4,6,9-10,15-16,18H2,1-2H3. The Morgan fingerprint density at radius 3 is 2.43 bits per heavy atom. The van der Waals surface area contributed by atoms with Gasteiger partial charge in [-0.2, -0.15) is 4.31 Å². The molecule has 0 unspecified atom stereocenters. The topological polar surface area (TPSA) is 106 Å². The molecule has 35 heavy (non-hydrogen) atoms. The molecular weight excluding hydrogens is 468 g/mol. The van der Waals surface area contributed by atoms with Crippen molar-refractivity contribution in [3.63, 3.8) is 0 Å². The molecule has 0 bridgehead atoms. The fraction of sp³-hybridized carbons (Fsp3) is 0.400. The van der Waals surface area contributed by atoms with Crippen LogP contribution < -0.4 is 4.90 Å². The molecule has 186 valence electrons. The minimum atomic E-state index is -3.73. The van der Waals surface area contributed by atoms with E-state index in [9.17, 15) is 13.2 Å². The number of esters is 1. The van der Waals surface area contributed by atoms with E-state index in [1.807, 2.05) is 30.3 Å². The Morgan fingerprint density at radius 1 is 1.03 bits per heavy atom. The van der Waals surface area contributed by atoms with Crippen molar-refractivity contribution in [2.75, 3.05) is 31.1 Å². The van der Waals surface area contributed by atoms with Crippen molar-refractivity contribution in [1.29, 1.82) is 0 Å². The maximum absolute atomic E-state index is 13.2. The molecule has 0 radical (unpaired) electrons. The van der Waals surface area contributed by atoms with E-state index in [-0.39, 0.29) is 23.0 Å². The lowest BCUT2D eigenvalue weighted by Gasteiger charge is -2.30. The zero-order valence-electron chi connectivity index (χ0n) is 20.0. The number of ether oxygens (including phenoxy) is 1. The van der Waals surface area contributed by atoms with Crippen LogP contribution in [-0.4, -0.2) is 55.1 Å². The van der Waals surface area contributed by atoms with Crippen LogP contribution in [0.2, 0.25) is 0 Å². The molecule has 0 N–H and O–H groups in total. The Bertz CT molecular complexity index is 1250. The highest BCUT2D eigenvalue weighted by molar-refractivity contribution is 7.89. The van der Waals surface area contributed by atoms with Crippen LogP contribution in [-0.2, 0) is 21.4 Å². The fourth-order valence-electron chi connectivity index (χ4n) is 4.18. The highest BCUT2D eigenvalue weighted by Gasteiger charge is 2.27. The lowest BCUT2D eigenvalue weighted by Crippen LogP contribution is -2.32. The van der Waals surface area contributed by atoms with Crippen LogP contribution in [0.15, 0.2) is 57.8 Å². The van der Waals surface area contributed by atoms with E-state index in [2.05, 4.69) is 15.1 Å². The first-order chi connectivity index (χ1) is 16.9. The third-order valence-corrected chi connectivity index (χ3v) is 8.09. The van der Waals surface area contributed by atoms with E-state index in [0.29, 0.717) is 24.7 Å². The van der Waals surface area contributed by atoms with E-state index >= 15 is 0 Å². The average Bonchev–Trinajstić information content (AvgIpc) is 3.38. The summed E-state index contributed by atoms with van der Waals surface area (Å²) in [4.78, 5) is 15.4. The minimum absolute atomic E-state index is 0.0677. The number of aromatic nitrogens is 2. The molecule has 0 atom stereocenters. The number of piperidine rings is 1. The van der Waals surface area contributed by atoms with Crippen molar-refractivity contribution in [2.45, 2.75) is 44.6 Å². The van der Waals surface area contributed by atoms with Crippen LogP contribution in [0, 0.1) is 0 Å². The molecule has 4 rings (SSSR count). The van der Waals surface area contributed by atoms with Crippen LogP contribution in [0.5, 0.6) is 0 Å². The molecule has 1 saturated heterocycles. The molecule has 10 heteroatoms. The molecule has 1 fully saturated rings. The van der Waals surface area contributed by atoms with Crippen LogP contribution in [0.1, 0.15) is 49.4 Å². The average molecular weight is 499 g/mol. The van der Waals surface area contributed by atoms with Gasteiger partial charge in [0.15, 0.2) is 6.61 Å². The Hall–Kier alpha value is -3.24. The van der Waals surface area contributed by atoms with Gasteiger partial charge < -0.3 is 14.1 Å². The second-order valence-electron chi connectivity index (χ2n) is 8.26. The van der Waals surface area contributed by atoms with Crippen molar-refractivity contribution in [3.05, 3.63) is 60.0 Å². The molecule has 0 aliphatic carbocycles. The van der Waals surface area contributed by atoms with E-state index < -0.39 is 16.0 Å². The third kappa shape index (κ3) is 5.54. The number of carbonyl (C=O) groups excluding carboxylic acids is 1. The summed E-state index contributed by atoms with van der Waals surface area (Å²) in [6, 6.07) is 14.0. The Balaban J connectivity index is 1.59. The van der Waals surface area contributed by atoms with E-state index in [1.165, 1.54) is 10.4 Å². The number of benzene rings is 2. The summed E-state index contributed by atoms with van der Waals surface area (Å²) >= 11 is 0. The van der Waals surface area contributed by atoms with Crippen LogP contribution in [0.3, 0.4) is 0 Å². The summed E-state index contributed by atoms with van der Waals surface area (Å²) in [6.07, 6.45) is 3.15. The maximum Gasteiger partial charge on any atom is 0.340 e. The molecule has 9 nitrogen and oxygen atoms in total. The zero-order chi connectivity index (χ0) is 24.8. The van der Waals surface area contributed by atoms with Crippen molar-refractivity contribution in [2.24, 2.45) is 0 Å². The number of hydrogen-bond acceptors (Lipinski definition) is 8. The van der Waals surface area contributed by atoms with Crippen molar-refractivity contribution < 1.29 is 22.4 Å². The molecular formula is C25H30N4O5S. The predicted octanol–water partition coefficient (Wildman–Crippen LogP) is 4.11. The van der Waals surface area contributed by atoms with Gasteiger partial charge >= 0.3 is 5.97 Å². The van der Waals surface area contributed by atoms with Crippen LogP contribution >= 0.6 is 0 Å². The van der Waals surface area contributed by atoms with Gasteiger partial charge in [-0.3, -0.25) is 0 Å². The normalized spacial score (nSPS) is 14.3. The van der Waals surface area contributed by atoms with Gasteiger partial charge in [-0.05, 0) is 49.6 Å². The molecule has 2 heterocycles. The van der Waals surface area contributed by atoms with Crippen molar-refractivity contribution in [1.82, 2.24) is 14.5 Å². The van der Waals surface area contributed by atoms with Crippen molar-refractivity contribution >= 4 is 21.7 Å². The lowest BCUT2D eigenvalue weighted by atomic mass is 10.1. The molecule has 3 aromatic rings. The van der Waals surface area contributed by atoms with Gasteiger partial charge in [0, 0.05) is 31.7 Å². The van der Waals surface area contributed by atoms with Gasteiger partial charge in [0.1, 0.15) is 0 Å². The number of rotatable bonds is 9. The van der Waals surface area contributed by atoms with E-state index in [4.69, 9.17) is 9.15 Å². The first-order valence-corrected chi connectivity index (χ1v) is 13.3. The largest absolute Gasteiger partial charge is 0.452 e. The van der Waals surface area contributed by atoms with Gasteiger partial charge in [-0.1, -0.05) is 32.0 Å².